The largest absolute Gasteiger partial charge is 0.319 e. The van der Waals surface area contributed by atoms with Crippen LogP contribution in [0.1, 0.15) is 6.42 Å². The average Bonchev–Trinajstić information content (AvgIpc) is 1.65. The topological polar surface area (TPSA) is 63.6 Å². The van der Waals surface area contributed by atoms with Crippen molar-refractivity contribution in [3.63, 3.8) is 0 Å². The Labute approximate surface area is 48.2 Å². The van der Waals surface area contributed by atoms with E-state index < -0.39 is 16.4 Å². The normalized spacial score (nSPS) is 8.12. The summed E-state index contributed by atoms with van der Waals surface area (Å²) in [6.07, 6.45) is -0.117. The molecule has 45 valence electrons. The minimum absolute atomic E-state index is 0.117. The van der Waals surface area contributed by atoms with Gasteiger partial charge in [0.15, 0.2) is 0 Å². The number of amides is 1. The summed E-state index contributed by atoms with van der Waals surface area (Å²) in [6, 6.07) is 0. The zero-order valence-corrected chi connectivity index (χ0v) is 4.81. The summed E-state index contributed by atoms with van der Waals surface area (Å²) in [7, 11) is -2.61. The molecule has 0 N–H and O–H groups in total. The fraction of sp³-hybridized carbons (Fsp3) is 0.333. The summed E-state index contributed by atoms with van der Waals surface area (Å²) in [4.78, 5) is 10.0. The second kappa shape index (κ2) is 3.31. The van der Waals surface area contributed by atoms with E-state index in [2.05, 4.69) is 11.3 Å². The molecule has 0 bridgehead atoms. The van der Waals surface area contributed by atoms with E-state index in [1.807, 2.05) is 0 Å². The lowest BCUT2D eigenvalue weighted by Crippen LogP contribution is -1.86. The molecule has 0 heterocycles. The Morgan fingerprint density at radius 1 is 1.62 bits per heavy atom. The first-order valence-electron chi connectivity index (χ1n) is 1.80. The standard InChI is InChI=1S/C3H4NO3S/c1-2-3(5)4-8(6)7/h1-2H2. The molecule has 0 unspecified atom stereocenters. The van der Waals surface area contributed by atoms with Gasteiger partial charge in [-0.2, -0.15) is 8.42 Å². The number of carbonyl (C=O) groups excluding carboxylic acids is 1. The van der Waals surface area contributed by atoms with Crippen molar-refractivity contribution in [3.05, 3.63) is 6.92 Å². The highest BCUT2D eigenvalue weighted by Gasteiger charge is 1.89. The molecule has 0 saturated heterocycles. The SMILES string of the molecule is [CH2]CC(=O)N=S(=O)=O. The van der Waals surface area contributed by atoms with Gasteiger partial charge in [0.05, 0.1) is 0 Å². The van der Waals surface area contributed by atoms with E-state index in [-0.39, 0.29) is 6.42 Å². The molecule has 0 atom stereocenters. The van der Waals surface area contributed by atoms with Crippen LogP contribution in [0.4, 0.5) is 0 Å². The monoisotopic (exact) mass is 134 g/mol. The summed E-state index contributed by atoms with van der Waals surface area (Å²) in [6.45, 7) is 3.12. The van der Waals surface area contributed by atoms with E-state index in [0.29, 0.717) is 0 Å². The fourth-order valence-corrected chi connectivity index (χ4v) is 0.386. The van der Waals surface area contributed by atoms with Crippen LogP contribution in [0, 0.1) is 6.92 Å². The lowest BCUT2D eigenvalue weighted by atomic mass is 10.5. The van der Waals surface area contributed by atoms with Crippen molar-refractivity contribution in [3.8, 4) is 0 Å². The number of hydrogen-bond donors (Lipinski definition) is 0. The molecule has 0 aromatic heterocycles. The smallest absolute Gasteiger partial charge is 0.271 e. The van der Waals surface area contributed by atoms with Crippen LogP contribution >= 0.6 is 0 Å². The molecule has 0 aliphatic heterocycles. The maximum atomic E-state index is 10.0. The maximum Gasteiger partial charge on any atom is 0.319 e. The van der Waals surface area contributed by atoms with Crippen molar-refractivity contribution in [1.29, 1.82) is 0 Å². The Kier molecular flexibility index (Phi) is 3.02. The van der Waals surface area contributed by atoms with E-state index in [4.69, 9.17) is 0 Å². The van der Waals surface area contributed by atoms with E-state index >= 15 is 0 Å². The molecule has 0 aliphatic carbocycles. The van der Waals surface area contributed by atoms with Crippen LogP contribution in [-0.2, 0) is 15.3 Å². The molecule has 5 heteroatoms. The van der Waals surface area contributed by atoms with Crippen molar-refractivity contribution in [2.45, 2.75) is 6.42 Å². The van der Waals surface area contributed by atoms with Gasteiger partial charge in [-0.3, -0.25) is 4.79 Å². The molecule has 0 saturated carbocycles. The predicted octanol–water partition coefficient (Wildman–Crippen LogP) is -0.200. The van der Waals surface area contributed by atoms with Gasteiger partial charge in [-0.1, -0.05) is 4.36 Å². The minimum Gasteiger partial charge on any atom is -0.271 e. The molecule has 0 spiro atoms. The Hall–Kier alpha value is -0.710. The lowest BCUT2D eigenvalue weighted by Gasteiger charge is -1.73. The molecule has 1 radical (unpaired) electrons. The zero-order valence-electron chi connectivity index (χ0n) is 3.99. The summed E-state index contributed by atoms with van der Waals surface area (Å²) in [5.74, 6) is -0.724. The maximum absolute atomic E-state index is 10.0. The van der Waals surface area contributed by atoms with E-state index in [1.165, 1.54) is 0 Å². The first-order chi connectivity index (χ1) is 3.66. The van der Waals surface area contributed by atoms with E-state index in [9.17, 15) is 13.2 Å². The highest BCUT2D eigenvalue weighted by Crippen LogP contribution is 1.78. The second-order valence-electron chi connectivity index (χ2n) is 0.952. The van der Waals surface area contributed by atoms with Crippen LogP contribution in [0.2, 0.25) is 0 Å². The zero-order chi connectivity index (χ0) is 6.57. The highest BCUT2D eigenvalue weighted by molar-refractivity contribution is 7.62. The summed E-state index contributed by atoms with van der Waals surface area (Å²) < 4.78 is 21.7. The Morgan fingerprint density at radius 3 is 2.25 bits per heavy atom. The Balaban J connectivity index is 4.12. The van der Waals surface area contributed by atoms with Crippen LogP contribution < -0.4 is 0 Å². The molecular formula is C3H4NO3S. The Morgan fingerprint density at radius 2 is 2.12 bits per heavy atom. The first-order valence-corrected chi connectivity index (χ1v) is 2.83. The van der Waals surface area contributed by atoms with Gasteiger partial charge in [-0.05, 0) is 6.92 Å². The van der Waals surface area contributed by atoms with Crippen molar-refractivity contribution < 1.29 is 13.2 Å². The van der Waals surface area contributed by atoms with Crippen LogP contribution in [0.25, 0.3) is 0 Å². The molecular weight excluding hydrogens is 130 g/mol. The number of hydrogen-bond acceptors (Lipinski definition) is 3. The molecule has 0 fully saturated rings. The molecule has 8 heavy (non-hydrogen) atoms. The molecule has 4 nitrogen and oxygen atoms in total. The molecule has 0 aromatic rings. The van der Waals surface area contributed by atoms with Gasteiger partial charge >= 0.3 is 10.5 Å². The third-order valence-electron chi connectivity index (χ3n) is 0.390. The minimum atomic E-state index is -2.61. The Bertz CT molecular complexity index is 195. The van der Waals surface area contributed by atoms with Crippen molar-refractivity contribution in [2.24, 2.45) is 4.36 Å². The molecule has 0 aromatic carbocycles. The van der Waals surface area contributed by atoms with Gasteiger partial charge in [-0.25, -0.2) is 0 Å². The third kappa shape index (κ3) is 3.48. The van der Waals surface area contributed by atoms with Crippen LogP contribution in [0.3, 0.4) is 0 Å². The van der Waals surface area contributed by atoms with Gasteiger partial charge in [0.1, 0.15) is 0 Å². The van der Waals surface area contributed by atoms with E-state index in [0.717, 1.165) is 0 Å². The van der Waals surface area contributed by atoms with Gasteiger partial charge in [0.2, 0.25) is 0 Å². The summed E-state index contributed by atoms with van der Waals surface area (Å²) in [5.41, 5.74) is 0. The van der Waals surface area contributed by atoms with Crippen molar-refractivity contribution in [1.82, 2.24) is 0 Å². The first kappa shape index (κ1) is 7.29. The van der Waals surface area contributed by atoms with E-state index in [1.54, 1.807) is 0 Å². The van der Waals surface area contributed by atoms with Crippen molar-refractivity contribution >= 4 is 16.4 Å². The van der Waals surface area contributed by atoms with Crippen LogP contribution in [-0.4, -0.2) is 14.3 Å². The van der Waals surface area contributed by atoms with Gasteiger partial charge < -0.3 is 0 Å². The number of carbonyl (C=O) groups is 1. The molecule has 1 amide bonds. The fourth-order valence-electron chi connectivity index (χ4n) is 0.129. The number of nitrogens with zero attached hydrogens (tertiary/aromatic N) is 1. The average molecular weight is 134 g/mol. The van der Waals surface area contributed by atoms with Gasteiger partial charge in [0, 0.05) is 6.42 Å². The van der Waals surface area contributed by atoms with Crippen LogP contribution in [0.15, 0.2) is 4.36 Å². The molecule has 0 aliphatic rings. The summed E-state index contributed by atoms with van der Waals surface area (Å²) in [5, 5.41) is 0. The predicted molar refractivity (Wildman–Crippen MR) is 26.3 cm³/mol. The van der Waals surface area contributed by atoms with Crippen molar-refractivity contribution in [2.75, 3.05) is 0 Å². The van der Waals surface area contributed by atoms with Gasteiger partial charge in [-0.15, -0.1) is 0 Å². The molecule has 0 rings (SSSR count). The highest BCUT2D eigenvalue weighted by atomic mass is 32.2. The lowest BCUT2D eigenvalue weighted by molar-refractivity contribution is -0.116. The third-order valence-corrected chi connectivity index (χ3v) is 0.743. The number of rotatable bonds is 1. The van der Waals surface area contributed by atoms with Gasteiger partial charge in [0.25, 0.3) is 5.91 Å². The summed E-state index contributed by atoms with van der Waals surface area (Å²) >= 11 is 0. The quantitative estimate of drug-likeness (QED) is 0.498. The second-order valence-corrected chi connectivity index (χ2v) is 1.57. The van der Waals surface area contributed by atoms with Crippen LogP contribution in [0.5, 0.6) is 0 Å².